The molecular formula is C14H15BrClNO3. The molecule has 1 saturated carbocycles. The summed E-state index contributed by atoms with van der Waals surface area (Å²) in [6.45, 7) is 0. The van der Waals surface area contributed by atoms with Gasteiger partial charge in [0.05, 0.1) is 22.5 Å². The standard InChI is InChI=1S/C14H15BrClNO3/c15-8-5-6-12(11(16)7-8)17-13(18)9-3-1-2-4-10(9)14(19)20/h5-7,9-10H,1-4H2,(H,17,18)(H,19,20)/t9-,10+/m1/s1. The van der Waals surface area contributed by atoms with Gasteiger partial charge in [0.2, 0.25) is 5.91 Å². The molecule has 0 bridgehead atoms. The Balaban J connectivity index is 2.12. The number of halogens is 2. The van der Waals surface area contributed by atoms with E-state index >= 15 is 0 Å². The highest BCUT2D eigenvalue weighted by Gasteiger charge is 2.35. The maximum absolute atomic E-state index is 12.3. The first kappa shape index (κ1) is 15.3. The maximum atomic E-state index is 12.3. The van der Waals surface area contributed by atoms with Crippen molar-refractivity contribution in [1.29, 1.82) is 0 Å². The minimum absolute atomic E-state index is 0.263. The third-order valence-corrected chi connectivity index (χ3v) is 4.41. The SMILES string of the molecule is O=C(O)[C@H]1CCCC[C@H]1C(=O)Nc1ccc(Br)cc1Cl. The van der Waals surface area contributed by atoms with Gasteiger partial charge in [-0.05, 0) is 31.0 Å². The third kappa shape index (κ3) is 3.52. The monoisotopic (exact) mass is 359 g/mol. The van der Waals surface area contributed by atoms with Gasteiger partial charge in [-0.2, -0.15) is 0 Å². The lowest BCUT2D eigenvalue weighted by Crippen LogP contribution is -2.36. The fourth-order valence-electron chi connectivity index (χ4n) is 2.56. The van der Waals surface area contributed by atoms with Crippen molar-refractivity contribution in [2.45, 2.75) is 25.7 Å². The molecule has 0 radical (unpaired) electrons. The van der Waals surface area contributed by atoms with Gasteiger partial charge in [0.25, 0.3) is 0 Å². The Morgan fingerprint density at radius 3 is 2.50 bits per heavy atom. The van der Waals surface area contributed by atoms with Crippen LogP contribution in [-0.4, -0.2) is 17.0 Å². The number of carbonyl (C=O) groups excluding carboxylic acids is 1. The minimum atomic E-state index is -0.897. The van der Waals surface area contributed by atoms with Crippen LogP contribution in [0.5, 0.6) is 0 Å². The number of aliphatic carboxylic acids is 1. The van der Waals surface area contributed by atoms with E-state index in [0.29, 0.717) is 23.6 Å². The summed E-state index contributed by atoms with van der Waals surface area (Å²) in [5.74, 6) is -2.24. The summed E-state index contributed by atoms with van der Waals surface area (Å²) in [4.78, 5) is 23.5. The van der Waals surface area contributed by atoms with E-state index in [0.717, 1.165) is 17.3 Å². The largest absolute Gasteiger partial charge is 0.481 e. The van der Waals surface area contributed by atoms with Crippen LogP contribution in [0.15, 0.2) is 22.7 Å². The number of rotatable bonds is 3. The second kappa shape index (κ2) is 6.59. The highest BCUT2D eigenvalue weighted by atomic mass is 79.9. The molecule has 1 aliphatic carbocycles. The van der Waals surface area contributed by atoms with Crippen LogP contribution >= 0.6 is 27.5 Å². The summed E-state index contributed by atoms with van der Waals surface area (Å²) in [5, 5.41) is 12.4. The summed E-state index contributed by atoms with van der Waals surface area (Å²) in [7, 11) is 0. The lowest BCUT2D eigenvalue weighted by Gasteiger charge is -2.27. The van der Waals surface area contributed by atoms with E-state index in [-0.39, 0.29) is 5.91 Å². The number of carboxylic acid groups (broad SMARTS) is 1. The summed E-state index contributed by atoms with van der Waals surface area (Å²) >= 11 is 9.34. The highest BCUT2D eigenvalue weighted by molar-refractivity contribution is 9.10. The van der Waals surface area contributed by atoms with E-state index in [1.54, 1.807) is 18.2 Å². The van der Waals surface area contributed by atoms with E-state index < -0.39 is 17.8 Å². The van der Waals surface area contributed by atoms with Crippen LogP contribution in [0.3, 0.4) is 0 Å². The van der Waals surface area contributed by atoms with E-state index in [9.17, 15) is 14.7 Å². The Morgan fingerprint density at radius 2 is 1.90 bits per heavy atom. The Kier molecular flexibility index (Phi) is 5.05. The number of hydrogen-bond donors (Lipinski definition) is 2. The Labute approximate surface area is 130 Å². The average Bonchev–Trinajstić information content (AvgIpc) is 2.41. The third-order valence-electron chi connectivity index (χ3n) is 3.61. The quantitative estimate of drug-likeness (QED) is 0.858. The number of hydrogen-bond acceptors (Lipinski definition) is 2. The van der Waals surface area contributed by atoms with Crippen molar-refractivity contribution >= 4 is 45.1 Å². The molecule has 6 heteroatoms. The van der Waals surface area contributed by atoms with Crippen LogP contribution in [0, 0.1) is 11.8 Å². The molecule has 0 heterocycles. The summed E-state index contributed by atoms with van der Waals surface area (Å²) in [5.41, 5.74) is 0.509. The molecule has 0 unspecified atom stereocenters. The molecule has 1 amide bonds. The van der Waals surface area contributed by atoms with Gasteiger partial charge in [0.15, 0.2) is 0 Å². The number of carboxylic acids is 1. The lowest BCUT2D eigenvalue weighted by molar-refractivity contribution is -0.147. The molecule has 1 aliphatic rings. The number of nitrogens with one attached hydrogen (secondary N) is 1. The fourth-order valence-corrected chi connectivity index (χ4v) is 3.28. The zero-order valence-electron chi connectivity index (χ0n) is 10.7. The van der Waals surface area contributed by atoms with Gasteiger partial charge in [-0.15, -0.1) is 0 Å². The number of anilines is 1. The van der Waals surface area contributed by atoms with Gasteiger partial charge in [-0.25, -0.2) is 0 Å². The number of amides is 1. The van der Waals surface area contributed by atoms with Crippen molar-refractivity contribution in [3.63, 3.8) is 0 Å². The highest BCUT2D eigenvalue weighted by Crippen LogP contribution is 2.32. The normalized spacial score (nSPS) is 22.3. The van der Waals surface area contributed by atoms with E-state index in [1.165, 1.54) is 0 Å². The summed E-state index contributed by atoms with van der Waals surface area (Å²) < 4.78 is 0.821. The first-order valence-electron chi connectivity index (χ1n) is 6.48. The van der Waals surface area contributed by atoms with Gasteiger partial charge >= 0.3 is 5.97 Å². The smallest absolute Gasteiger partial charge is 0.307 e. The zero-order valence-corrected chi connectivity index (χ0v) is 13.1. The van der Waals surface area contributed by atoms with Crippen molar-refractivity contribution in [1.82, 2.24) is 0 Å². The number of benzene rings is 1. The van der Waals surface area contributed by atoms with Crippen molar-refractivity contribution in [2.75, 3.05) is 5.32 Å². The van der Waals surface area contributed by atoms with Crippen LogP contribution in [-0.2, 0) is 9.59 Å². The minimum Gasteiger partial charge on any atom is -0.481 e. The van der Waals surface area contributed by atoms with Gasteiger partial charge in [0, 0.05) is 4.47 Å². The molecule has 1 aromatic carbocycles. The lowest BCUT2D eigenvalue weighted by atomic mass is 9.78. The molecule has 0 saturated heterocycles. The maximum Gasteiger partial charge on any atom is 0.307 e. The van der Waals surface area contributed by atoms with E-state index in [1.807, 2.05) is 0 Å². The molecule has 20 heavy (non-hydrogen) atoms. The van der Waals surface area contributed by atoms with Crippen molar-refractivity contribution in [3.05, 3.63) is 27.7 Å². The average molecular weight is 361 g/mol. The van der Waals surface area contributed by atoms with Crippen LogP contribution in [0.4, 0.5) is 5.69 Å². The van der Waals surface area contributed by atoms with Crippen molar-refractivity contribution in [2.24, 2.45) is 11.8 Å². The molecule has 0 aliphatic heterocycles. The van der Waals surface area contributed by atoms with Crippen molar-refractivity contribution < 1.29 is 14.7 Å². The van der Waals surface area contributed by atoms with Crippen LogP contribution in [0.1, 0.15) is 25.7 Å². The molecule has 4 nitrogen and oxygen atoms in total. The zero-order chi connectivity index (χ0) is 14.7. The fraction of sp³-hybridized carbons (Fsp3) is 0.429. The van der Waals surface area contributed by atoms with Crippen molar-refractivity contribution in [3.8, 4) is 0 Å². The van der Waals surface area contributed by atoms with Crippen LogP contribution < -0.4 is 5.32 Å². The van der Waals surface area contributed by atoms with Gasteiger partial charge in [-0.1, -0.05) is 40.4 Å². The van der Waals surface area contributed by atoms with Crippen LogP contribution in [0.25, 0.3) is 0 Å². The Morgan fingerprint density at radius 1 is 1.25 bits per heavy atom. The second-order valence-electron chi connectivity index (χ2n) is 4.95. The molecule has 2 N–H and O–H groups in total. The van der Waals surface area contributed by atoms with Crippen LogP contribution in [0.2, 0.25) is 5.02 Å². The summed E-state index contributed by atoms with van der Waals surface area (Å²) in [6, 6.07) is 5.16. The number of carbonyl (C=O) groups is 2. The molecule has 2 atom stereocenters. The summed E-state index contributed by atoms with van der Waals surface area (Å²) in [6.07, 6.45) is 2.91. The molecule has 1 fully saturated rings. The topological polar surface area (TPSA) is 66.4 Å². The molecule has 0 spiro atoms. The second-order valence-corrected chi connectivity index (χ2v) is 6.27. The predicted molar refractivity (Wildman–Crippen MR) is 80.9 cm³/mol. The molecule has 1 aromatic rings. The Bertz CT molecular complexity index is 535. The first-order chi connectivity index (χ1) is 9.49. The predicted octanol–water partition coefficient (Wildman–Crippen LogP) is 3.93. The molecule has 0 aromatic heterocycles. The van der Waals surface area contributed by atoms with Gasteiger partial charge < -0.3 is 10.4 Å². The van der Waals surface area contributed by atoms with Gasteiger partial charge in [-0.3, -0.25) is 9.59 Å². The molecule has 108 valence electrons. The molecular weight excluding hydrogens is 346 g/mol. The first-order valence-corrected chi connectivity index (χ1v) is 7.65. The Hall–Kier alpha value is -1.07. The van der Waals surface area contributed by atoms with Gasteiger partial charge in [0.1, 0.15) is 0 Å². The molecule has 2 rings (SSSR count). The van der Waals surface area contributed by atoms with E-state index in [4.69, 9.17) is 11.6 Å². The van der Waals surface area contributed by atoms with E-state index in [2.05, 4.69) is 21.2 Å².